The largest absolute Gasteiger partial charge is 0.341 e. The van der Waals surface area contributed by atoms with Crippen LogP contribution in [0.2, 0.25) is 0 Å². The van der Waals surface area contributed by atoms with E-state index in [1.165, 1.54) is 24.3 Å². The number of nitrogens with zero attached hydrogens (tertiary/aromatic N) is 1. The molecule has 1 saturated carbocycles. The number of halogens is 1. The standard InChI is InChI=1S/C14H12FN3O2/c15-10-3-1-9(2-4-10)14(7-8-14)16-13(20)11-5-6-12(19)18-17-11/h1-6H,7-8H2,(H,16,20)(H,18,19). The molecule has 1 aromatic carbocycles. The van der Waals surface area contributed by atoms with E-state index >= 15 is 0 Å². The van der Waals surface area contributed by atoms with Crippen LogP contribution in [0.5, 0.6) is 0 Å². The SMILES string of the molecule is O=C(NC1(c2ccc(F)cc2)CC1)c1ccc(=O)[nH]n1. The van der Waals surface area contributed by atoms with Crippen LogP contribution in [0.1, 0.15) is 28.9 Å². The summed E-state index contributed by atoms with van der Waals surface area (Å²) in [5.41, 5.74) is 0.221. The lowest BCUT2D eigenvalue weighted by atomic mass is 10.0. The summed E-state index contributed by atoms with van der Waals surface area (Å²) in [5, 5.41) is 8.80. The van der Waals surface area contributed by atoms with E-state index in [0.717, 1.165) is 18.4 Å². The topological polar surface area (TPSA) is 74.8 Å². The van der Waals surface area contributed by atoms with Gasteiger partial charge in [0.25, 0.3) is 11.5 Å². The van der Waals surface area contributed by atoms with Crippen molar-refractivity contribution in [1.82, 2.24) is 15.5 Å². The summed E-state index contributed by atoms with van der Waals surface area (Å²) in [6, 6.07) is 8.71. The highest BCUT2D eigenvalue weighted by molar-refractivity contribution is 5.92. The van der Waals surface area contributed by atoms with Gasteiger partial charge in [-0.05, 0) is 36.6 Å². The van der Waals surface area contributed by atoms with Crippen molar-refractivity contribution < 1.29 is 9.18 Å². The van der Waals surface area contributed by atoms with Gasteiger partial charge in [0, 0.05) is 6.07 Å². The molecule has 20 heavy (non-hydrogen) atoms. The maximum absolute atomic E-state index is 12.9. The summed E-state index contributed by atoms with van der Waals surface area (Å²) in [6.45, 7) is 0. The first-order valence-corrected chi connectivity index (χ1v) is 6.23. The van der Waals surface area contributed by atoms with E-state index in [0.29, 0.717) is 0 Å². The Balaban J connectivity index is 1.80. The average molecular weight is 273 g/mol. The molecule has 1 aromatic heterocycles. The molecule has 1 aliphatic rings. The first-order chi connectivity index (χ1) is 9.59. The van der Waals surface area contributed by atoms with Gasteiger partial charge in [0.2, 0.25) is 0 Å². The molecule has 1 heterocycles. The monoisotopic (exact) mass is 273 g/mol. The van der Waals surface area contributed by atoms with Gasteiger partial charge < -0.3 is 5.32 Å². The Kier molecular flexibility index (Phi) is 2.85. The van der Waals surface area contributed by atoms with Crippen molar-refractivity contribution >= 4 is 5.91 Å². The highest BCUT2D eigenvalue weighted by atomic mass is 19.1. The maximum atomic E-state index is 12.9. The maximum Gasteiger partial charge on any atom is 0.272 e. The minimum Gasteiger partial charge on any atom is -0.341 e. The Hall–Kier alpha value is -2.50. The number of nitrogens with one attached hydrogen (secondary N) is 2. The molecule has 0 saturated heterocycles. The van der Waals surface area contributed by atoms with Crippen LogP contribution in [0.25, 0.3) is 0 Å². The fourth-order valence-corrected chi connectivity index (χ4v) is 2.13. The smallest absolute Gasteiger partial charge is 0.272 e. The Morgan fingerprint density at radius 3 is 2.45 bits per heavy atom. The lowest BCUT2D eigenvalue weighted by molar-refractivity contribution is 0.0924. The molecule has 0 spiro atoms. The number of aromatic amines is 1. The molecule has 0 bridgehead atoms. The van der Waals surface area contributed by atoms with E-state index in [4.69, 9.17) is 0 Å². The third kappa shape index (κ3) is 2.32. The molecule has 0 atom stereocenters. The molecule has 0 aliphatic heterocycles. The van der Waals surface area contributed by atoms with Crippen LogP contribution < -0.4 is 10.9 Å². The molecular weight excluding hydrogens is 261 g/mol. The van der Waals surface area contributed by atoms with Crippen LogP contribution >= 0.6 is 0 Å². The summed E-state index contributed by atoms with van der Waals surface area (Å²) >= 11 is 0. The molecule has 6 heteroatoms. The van der Waals surface area contributed by atoms with Gasteiger partial charge in [0.15, 0.2) is 0 Å². The first-order valence-electron chi connectivity index (χ1n) is 6.23. The zero-order chi connectivity index (χ0) is 14.2. The molecule has 1 amide bonds. The second-order valence-corrected chi connectivity index (χ2v) is 4.85. The average Bonchev–Trinajstić information content (AvgIpc) is 3.21. The van der Waals surface area contributed by atoms with Crippen molar-refractivity contribution in [3.05, 3.63) is 63.8 Å². The number of H-pyrrole nitrogens is 1. The third-order valence-corrected chi connectivity index (χ3v) is 3.41. The normalized spacial score (nSPS) is 15.7. The minimum absolute atomic E-state index is 0.151. The minimum atomic E-state index is -0.442. The molecule has 1 aliphatic carbocycles. The molecule has 102 valence electrons. The highest BCUT2D eigenvalue weighted by Crippen LogP contribution is 2.45. The van der Waals surface area contributed by atoms with Gasteiger partial charge in [-0.15, -0.1) is 0 Å². The summed E-state index contributed by atoms with van der Waals surface area (Å²) in [4.78, 5) is 23.0. The van der Waals surface area contributed by atoms with Crippen LogP contribution in [0.4, 0.5) is 4.39 Å². The summed E-state index contributed by atoms with van der Waals surface area (Å²) in [5.74, 6) is -0.666. The quantitative estimate of drug-likeness (QED) is 0.885. The van der Waals surface area contributed by atoms with Gasteiger partial charge in [-0.25, -0.2) is 9.49 Å². The van der Waals surface area contributed by atoms with Crippen LogP contribution in [0, 0.1) is 5.82 Å². The second-order valence-electron chi connectivity index (χ2n) is 4.85. The Morgan fingerprint density at radius 2 is 1.90 bits per heavy atom. The number of benzene rings is 1. The summed E-state index contributed by atoms with van der Waals surface area (Å²) in [6.07, 6.45) is 1.60. The van der Waals surface area contributed by atoms with Crippen LogP contribution in [0.15, 0.2) is 41.2 Å². The summed E-state index contributed by atoms with van der Waals surface area (Å²) < 4.78 is 12.9. The number of aromatic nitrogens is 2. The van der Waals surface area contributed by atoms with Gasteiger partial charge in [-0.2, -0.15) is 5.10 Å². The van der Waals surface area contributed by atoms with Crippen molar-refractivity contribution in [2.24, 2.45) is 0 Å². The van der Waals surface area contributed by atoms with E-state index in [1.54, 1.807) is 12.1 Å². The van der Waals surface area contributed by atoms with Gasteiger partial charge in [-0.1, -0.05) is 12.1 Å². The second kappa shape index (κ2) is 4.56. The van der Waals surface area contributed by atoms with Crippen LogP contribution in [-0.4, -0.2) is 16.1 Å². The fraction of sp³-hybridized carbons (Fsp3) is 0.214. The molecular formula is C14H12FN3O2. The van der Waals surface area contributed by atoms with Crippen LogP contribution in [-0.2, 0) is 5.54 Å². The molecule has 5 nitrogen and oxygen atoms in total. The third-order valence-electron chi connectivity index (χ3n) is 3.41. The van der Waals surface area contributed by atoms with E-state index in [9.17, 15) is 14.0 Å². The number of hydrogen-bond donors (Lipinski definition) is 2. The van der Waals surface area contributed by atoms with Crippen LogP contribution in [0.3, 0.4) is 0 Å². The number of rotatable bonds is 3. The predicted molar refractivity (Wildman–Crippen MR) is 69.6 cm³/mol. The van der Waals surface area contributed by atoms with Gasteiger partial charge in [0.05, 0.1) is 5.54 Å². The Morgan fingerprint density at radius 1 is 1.20 bits per heavy atom. The molecule has 0 unspecified atom stereocenters. The number of hydrogen-bond acceptors (Lipinski definition) is 3. The predicted octanol–water partition coefficient (Wildman–Crippen LogP) is 1.33. The first kappa shape index (κ1) is 12.5. The van der Waals surface area contributed by atoms with E-state index in [2.05, 4.69) is 15.5 Å². The number of carbonyl (C=O) groups is 1. The summed E-state index contributed by atoms with van der Waals surface area (Å²) in [7, 11) is 0. The van der Waals surface area contributed by atoms with Crippen molar-refractivity contribution in [2.45, 2.75) is 18.4 Å². The van der Waals surface area contributed by atoms with Crippen molar-refractivity contribution in [2.75, 3.05) is 0 Å². The molecule has 3 rings (SSSR count). The van der Waals surface area contributed by atoms with E-state index < -0.39 is 5.54 Å². The lowest BCUT2D eigenvalue weighted by Gasteiger charge is -2.17. The van der Waals surface area contributed by atoms with Crippen molar-refractivity contribution in [1.29, 1.82) is 0 Å². The van der Waals surface area contributed by atoms with Gasteiger partial charge >= 0.3 is 0 Å². The molecule has 2 N–H and O–H groups in total. The van der Waals surface area contributed by atoms with Crippen molar-refractivity contribution in [3.8, 4) is 0 Å². The zero-order valence-electron chi connectivity index (χ0n) is 10.5. The van der Waals surface area contributed by atoms with Crippen molar-refractivity contribution in [3.63, 3.8) is 0 Å². The van der Waals surface area contributed by atoms with E-state index in [1.807, 2.05) is 0 Å². The van der Waals surface area contributed by atoms with Gasteiger partial charge in [-0.3, -0.25) is 9.59 Å². The van der Waals surface area contributed by atoms with Gasteiger partial charge in [0.1, 0.15) is 11.5 Å². The molecule has 0 radical (unpaired) electrons. The number of carbonyl (C=O) groups excluding carboxylic acids is 1. The zero-order valence-corrected chi connectivity index (χ0v) is 10.5. The Bertz CT molecular complexity index is 685. The van der Waals surface area contributed by atoms with E-state index in [-0.39, 0.29) is 23.0 Å². The Labute approximate surface area is 113 Å². The lowest BCUT2D eigenvalue weighted by Crippen LogP contribution is -2.35. The highest BCUT2D eigenvalue weighted by Gasteiger charge is 2.45. The molecule has 2 aromatic rings. The number of amides is 1. The molecule has 1 fully saturated rings. The fourth-order valence-electron chi connectivity index (χ4n) is 2.13.